The zero-order chi connectivity index (χ0) is 12.5. The largest absolute Gasteiger partial charge is 0.381 e. The van der Waals surface area contributed by atoms with Crippen LogP contribution < -0.4 is 0 Å². The van der Waals surface area contributed by atoms with E-state index in [2.05, 4.69) is 26.2 Å². The lowest BCUT2D eigenvalue weighted by molar-refractivity contribution is 0.161. The Labute approximate surface area is 112 Å². The number of hydrogen-bond donors (Lipinski definition) is 0. The number of rotatable bonds is 3. The molecule has 4 heteroatoms. The number of hydrogen-bond acceptors (Lipinski definition) is 3. The van der Waals surface area contributed by atoms with Crippen LogP contribution in [-0.4, -0.2) is 24.1 Å². The standard InChI is InChI=1S/C13H20ClNOS/c1-12(2,3)10-7-17-11(15-10)6-13(8-14)4-5-16-9-13/h7H,4-6,8-9H2,1-3H3. The van der Waals surface area contributed by atoms with E-state index in [0.29, 0.717) is 5.88 Å². The summed E-state index contributed by atoms with van der Waals surface area (Å²) in [7, 11) is 0. The van der Waals surface area contributed by atoms with Crippen LogP contribution in [0.1, 0.15) is 37.9 Å². The first kappa shape index (κ1) is 13.3. The molecule has 1 saturated heterocycles. The Morgan fingerprint density at radius 1 is 1.53 bits per heavy atom. The molecule has 0 radical (unpaired) electrons. The van der Waals surface area contributed by atoms with Crippen LogP contribution in [0, 0.1) is 5.41 Å². The van der Waals surface area contributed by atoms with Gasteiger partial charge in [-0.05, 0) is 6.42 Å². The van der Waals surface area contributed by atoms with Crippen LogP contribution in [0.15, 0.2) is 5.38 Å². The van der Waals surface area contributed by atoms with Gasteiger partial charge in [-0.15, -0.1) is 22.9 Å². The summed E-state index contributed by atoms with van der Waals surface area (Å²) in [6, 6.07) is 0. The second-order valence-electron chi connectivity index (χ2n) is 5.99. The maximum Gasteiger partial charge on any atom is 0.0935 e. The molecule has 96 valence electrons. The van der Waals surface area contributed by atoms with Crippen molar-refractivity contribution in [3.63, 3.8) is 0 Å². The molecule has 1 unspecified atom stereocenters. The van der Waals surface area contributed by atoms with Crippen molar-refractivity contribution in [2.75, 3.05) is 19.1 Å². The zero-order valence-corrected chi connectivity index (χ0v) is 12.3. The Balaban J connectivity index is 2.11. The lowest BCUT2D eigenvalue weighted by Gasteiger charge is -2.23. The van der Waals surface area contributed by atoms with Crippen molar-refractivity contribution < 1.29 is 4.74 Å². The lowest BCUT2D eigenvalue weighted by atomic mass is 9.86. The van der Waals surface area contributed by atoms with Gasteiger partial charge < -0.3 is 4.74 Å². The maximum atomic E-state index is 6.11. The zero-order valence-electron chi connectivity index (χ0n) is 10.8. The number of thiazole rings is 1. The highest BCUT2D eigenvalue weighted by molar-refractivity contribution is 7.09. The molecule has 1 fully saturated rings. The highest BCUT2D eigenvalue weighted by Gasteiger charge is 2.35. The number of alkyl halides is 1. The monoisotopic (exact) mass is 273 g/mol. The molecule has 1 aromatic rings. The predicted molar refractivity (Wildman–Crippen MR) is 73.1 cm³/mol. The molecule has 0 saturated carbocycles. The van der Waals surface area contributed by atoms with Crippen LogP contribution in [-0.2, 0) is 16.6 Å². The first-order valence-corrected chi connectivity index (χ1v) is 7.45. The summed E-state index contributed by atoms with van der Waals surface area (Å²) < 4.78 is 5.49. The van der Waals surface area contributed by atoms with Gasteiger partial charge in [-0.25, -0.2) is 4.98 Å². The molecular weight excluding hydrogens is 254 g/mol. The van der Waals surface area contributed by atoms with E-state index < -0.39 is 0 Å². The first-order valence-electron chi connectivity index (χ1n) is 6.04. The second-order valence-corrected chi connectivity index (χ2v) is 7.20. The normalized spacial score (nSPS) is 25.4. The smallest absolute Gasteiger partial charge is 0.0935 e. The van der Waals surface area contributed by atoms with Gasteiger partial charge >= 0.3 is 0 Å². The Morgan fingerprint density at radius 2 is 2.29 bits per heavy atom. The molecule has 0 bridgehead atoms. The van der Waals surface area contributed by atoms with Crippen LogP contribution in [0.2, 0.25) is 0 Å². The van der Waals surface area contributed by atoms with Crippen molar-refractivity contribution in [2.24, 2.45) is 5.41 Å². The Hall–Kier alpha value is -0.120. The molecule has 1 atom stereocenters. The molecular formula is C13H20ClNOS. The lowest BCUT2D eigenvalue weighted by Crippen LogP contribution is -2.26. The summed E-state index contributed by atoms with van der Waals surface area (Å²) in [6.07, 6.45) is 2.01. The minimum absolute atomic E-state index is 0.120. The molecule has 1 aromatic heterocycles. The molecule has 1 aliphatic rings. The average molecular weight is 274 g/mol. The van der Waals surface area contributed by atoms with Gasteiger partial charge in [0.1, 0.15) is 0 Å². The van der Waals surface area contributed by atoms with Crippen LogP contribution in [0.3, 0.4) is 0 Å². The van der Waals surface area contributed by atoms with Gasteiger partial charge in [-0.2, -0.15) is 0 Å². The van der Waals surface area contributed by atoms with E-state index in [-0.39, 0.29) is 10.8 Å². The van der Waals surface area contributed by atoms with Crippen molar-refractivity contribution in [2.45, 2.75) is 39.0 Å². The minimum Gasteiger partial charge on any atom is -0.381 e. The Kier molecular flexibility index (Phi) is 3.81. The van der Waals surface area contributed by atoms with E-state index in [0.717, 1.165) is 26.1 Å². The third-order valence-electron chi connectivity index (χ3n) is 3.31. The van der Waals surface area contributed by atoms with Gasteiger partial charge in [0.05, 0.1) is 17.3 Å². The summed E-state index contributed by atoms with van der Waals surface area (Å²) in [4.78, 5) is 4.74. The van der Waals surface area contributed by atoms with E-state index in [1.807, 2.05) is 0 Å². The summed E-state index contributed by atoms with van der Waals surface area (Å²) >= 11 is 7.86. The van der Waals surface area contributed by atoms with Gasteiger partial charge in [-0.3, -0.25) is 0 Å². The molecule has 0 amide bonds. The quantitative estimate of drug-likeness (QED) is 0.785. The number of ether oxygens (including phenoxy) is 1. The molecule has 1 aliphatic heterocycles. The number of nitrogens with zero attached hydrogens (tertiary/aromatic N) is 1. The molecule has 2 nitrogen and oxygen atoms in total. The van der Waals surface area contributed by atoms with E-state index >= 15 is 0 Å². The predicted octanol–water partition coefficient (Wildman–Crippen LogP) is 3.63. The van der Waals surface area contributed by atoms with Crippen molar-refractivity contribution >= 4 is 22.9 Å². The fourth-order valence-electron chi connectivity index (χ4n) is 2.00. The van der Waals surface area contributed by atoms with Crippen molar-refractivity contribution in [1.82, 2.24) is 4.98 Å². The third-order valence-corrected chi connectivity index (χ3v) is 4.73. The Bertz CT molecular complexity index is 377. The fraction of sp³-hybridized carbons (Fsp3) is 0.769. The molecule has 17 heavy (non-hydrogen) atoms. The first-order chi connectivity index (χ1) is 7.95. The third kappa shape index (κ3) is 3.01. The van der Waals surface area contributed by atoms with Gasteiger partial charge in [0.2, 0.25) is 0 Å². The summed E-state index contributed by atoms with van der Waals surface area (Å²) in [5.41, 5.74) is 1.44. The van der Waals surface area contributed by atoms with E-state index in [1.165, 1.54) is 10.7 Å². The van der Waals surface area contributed by atoms with E-state index in [4.69, 9.17) is 21.3 Å². The van der Waals surface area contributed by atoms with Crippen LogP contribution in [0.5, 0.6) is 0 Å². The molecule has 0 aromatic carbocycles. The second kappa shape index (κ2) is 4.87. The van der Waals surface area contributed by atoms with Gasteiger partial charge in [-0.1, -0.05) is 20.8 Å². The average Bonchev–Trinajstić information content (AvgIpc) is 2.87. The van der Waals surface area contributed by atoms with Gasteiger partial charge in [0, 0.05) is 35.1 Å². The summed E-state index contributed by atoms with van der Waals surface area (Å²) in [6.45, 7) is 8.21. The number of halogens is 1. The van der Waals surface area contributed by atoms with Crippen LogP contribution >= 0.6 is 22.9 Å². The molecule has 0 aliphatic carbocycles. The van der Waals surface area contributed by atoms with Crippen molar-refractivity contribution in [3.05, 3.63) is 16.1 Å². The number of aromatic nitrogens is 1. The molecule has 2 heterocycles. The van der Waals surface area contributed by atoms with Crippen LogP contribution in [0.25, 0.3) is 0 Å². The van der Waals surface area contributed by atoms with Gasteiger partial charge in [0.15, 0.2) is 0 Å². The Morgan fingerprint density at radius 3 is 2.76 bits per heavy atom. The fourth-order valence-corrected chi connectivity index (χ4v) is 3.50. The van der Waals surface area contributed by atoms with Crippen molar-refractivity contribution in [1.29, 1.82) is 0 Å². The molecule has 2 rings (SSSR count). The molecule has 0 N–H and O–H groups in total. The summed E-state index contributed by atoms with van der Waals surface area (Å²) in [5.74, 6) is 0.664. The summed E-state index contributed by atoms with van der Waals surface area (Å²) in [5, 5.41) is 3.37. The van der Waals surface area contributed by atoms with E-state index in [9.17, 15) is 0 Å². The highest BCUT2D eigenvalue weighted by Crippen LogP contribution is 2.35. The van der Waals surface area contributed by atoms with Crippen LogP contribution in [0.4, 0.5) is 0 Å². The minimum atomic E-state index is 0.120. The SMILES string of the molecule is CC(C)(C)c1csc(CC2(CCl)CCOC2)n1. The topological polar surface area (TPSA) is 22.1 Å². The van der Waals surface area contributed by atoms with Crippen molar-refractivity contribution in [3.8, 4) is 0 Å². The van der Waals surface area contributed by atoms with E-state index in [1.54, 1.807) is 11.3 Å². The molecule has 0 spiro atoms. The van der Waals surface area contributed by atoms with Gasteiger partial charge in [0.25, 0.3) is 0 Å². The highest BCUT2D eigenvalue weighted by atomic mass is 35.5. The maximum absolute atomic E-state index is 6.11.